The standard InChI is InChI=1S/C14H19F/c1-2-14(11-5-3-4-6-11)12-7-9-13(15)10-8-12/h7-11,14H,2-6H2,1H3. The summed E-state index contributed by atoms with van der Waals surface area (Å²) >= 11 is 0. The fourth-order valence-corrected chi connectivity index (χ4v) is 2.91. The van der Waals surface area contributed by atoms with Crippen molar-refractivity contribution in [3.63, 3.8) is 0 Å². The van der Waals surface area contributed by atoms with Gasteiger partial charge in [0, 0.05) is 0 Å². The Morgan fingerprint density at radius 2 is 1.80 bits per heavy atom. The molecule has 15 heavy (non-hydrogen) atoms. The van der Waals surface area contributed by atoms with Crippen molar-refractivity contribution in [2.45, 2.75) is 44.9 Å². The van der Waals surface area contributed by atoms with Crippen molar-refractivity contribution < 1.29 is 4.39 Å². The maximum Gasteiger partial charge on any atom is 0.123 e. The van der Waals surface area contributed by atoms with Crippen LogP contribution in [0, 0.1) is 11.7 Å². The summed E-state index contributed by atoms with van der Waals surface area (Å²) in [6.07, 6.45) is 6.65. The zero-order valence-corrected chi connectivity index (χ0v) is 9.38. The SMILES string of the molecule is CCC(c1ccc(F)cc1)C1CCCC1. The first-order valence-electron chi connectivity index (χ1n) is 6.06. The molecule has 0 radical (unpaired) electrons. The van der Waals surface area contributed by atoms with E-state index in [1.807, 2.05) is 12.1 Å². The summed E-state index contributed by atoms with van der Waals surface area (Å²) in [5.74, 6) is 1.36. The molecule has 1 aromatic rings. The largest absolute Gasteiger partial charge is 0.207 e. The average molecular weight is 206 g/mol. The highest BCUT2D eigenvalue weighted by Crippen LogP contribution is 2.39. The second-order valence-electron chi connectivity index (χ2n) is 4.61. The van der Waals surface area contributed by atoms with E-state index < -0.39 is 0 Å². The molecule has 0 N–H and O–H groups in total. The molecule has 0 saturated heterocycles. The first kappa shape index (κ1) is 10.7. The number of rotatable bonds is 3. The average Bonchev–Trinajstić information content (AvgIpc) is 2.75. The van der Waals surface area contributed by atoms with E-state index in [9.17, 15) is 4.39 Å². The number of halogens is 1. The summed E-state index contributed by atoms with van der Waals surface area (Å²) in [5, 5.41) is 0. The molecule has 82 valence electrons. The molecule has 0 heterocycles. The van der Waals surface area contributed by atoms with Crippen LogP contribution >= 0.6 is 0 Å². The Kier molecular flexibility index (Phi) is 3.40. The smallest absolute Gasteiger partial charge is 0.123 e. The molecular weight excluding hydrogens is 187 g/mol. The molecule has 0 amide bonds. The van der Waals surface area contributed by atoms with Crippen molar-refractivity contribution in [1.29, 1.82) is 0 Å². The Hall–Kier alpha value is -0.850. The van der Waals surface area contributed by atoms with E-state index in [1.54, 1.807) is 12.1 Å². The summed E-state index contributed by atoms with van der Waals surface area (Å²) < 4.78 is 12.8. The van der Waals surface area contributed by atoms with E-state index in [4.69, 9.17) is 0 Å². The Labute approximate surface area is 91.5 Å². The molecule has 0 nitrogen and oxygen atoms in total. The first-order chi connectivity index (χ1) is 7.31. The molecule has 1 atom stereocenters. The minimum atomic E-state index is -0.125. The lowest BCUT2D eigenvalue weighted by Crippen LogP contribution is -2.08. The molecule has 0 aliphatic heterocycles. The molecule has 0 spiro atoms. The van der Waals surface area contributed by atoms with Gasteiger partial charge in [-0.25, -0.2) is 4.39 Å². The third-order valence-electron chi connectivity index (χ3n) is 3.71. The molecule has 1 saturated carbocycles. The maximum absolute atomic E-state index is 12.8. The van der Waals surface area contributed by atoms with Crippen molar-refractivity contribution in [3.8, 4) is 0 Å². The highest BCUT2D eigenvalue weighted by atomic mass is 19.1. The summed E-state index contributed by atoms with van der Waals surface area (Å²) in [7, 11) is 0. The van der Waals surface area contributed by atoms with Crippen LogP contribution in [0.1, 0.15) is 50.5 Å². The zero-order chi connectivity index (χ0) is 10.7. The van der Waals surface area contributed by atoms with E-state index >= 15 is 0 Å². The molecule has 2 rings (SSSR count). The Morgan fingerprint density at radius 3 is 2.33 bits per heavy atom. The highest BCUT2D eigenvalue weighted by molar-refractivity contribution is 5.21. The Morgan fingerprint density at radius 1 is 1.20 bits per heavy atom. The van der Waals surface area contributed by atoms with Crippen LogP contribution in [-0.4, -0.2) is 0 Å². The van der Waals surface area contributed by atoms with Gasteiger partial charge in [0.1, 0.15) is 5.82 Å². The van der Waals surface area contributed by atoms with Gasteiger partial charge in [-0.3, -0.25) is 0 Å². The summed E-state index contributed by atoms with van der Waals surface area (Å²) in [5.41, 5.74) is 1.32. The van der Waals surface area contributed by atoms with Crippen LogP contribution in [-0.2, 0) is 0 Å². The minimum Gasteiger partial charge on any atom is -0.207 e. The lowest BCUT2D eigenvalue weighted by atomic mass is 9.83. The molecule has 0 aromatic heterocycles. The van der Waals surface area contributed by atoms with Gasteiger partial charge in [-0.2, -0.15) is 0 Å². The van der Waals surface area contributed by atoms with Crippen LogP contribution in [0.4, 0.5) is 4.39 Å². The Bertz CT molecular complexity index is 296. The molecular formula is C14H19F. The molecule has 1 fully saturated rings. The van der Waals surface area contributed by atoms with Crippen molar-refractivity contribution in [1.82, 2.24) is 0 Å². The van der Waals surface area contributed by atoms with Crippen molar-refractivity contribution in [2.75, 3.05) is 0 Å². The van der Waals surface area contributed by atoms with Gasteiger partial charge in [-0.15, -0.1) is 0 Å². The van der Waals surface area contributed by atoms with Crippen LogP contribution in [0.5, 0.6) is 0 Å². The van der Waals surface area contributed by atoms with Gasteiger partial charge < -0.3 is 0 Å². The van der Waals surface area contributed by atoms with E-state index in [1.165, 1.54) is 37.7 Å². The zero-order valence-electron chi connectivity index (χ0n) is 9.38. The predicted molar refractivity (Wildman–Crippen MR) is 61.4 cm³/mol. The summed E-state index contributed by atoms with van der Waals surface area (Å²) in [6, 6.07) is 7.10. The number of hydrogen-bond acceptors (Lipinski definition) is 0. The molecule has 1 aliphatic rings. The highest BCUT2D eigenvalue weighted by Gasteiger charge is 2.24. The van der Waals surface area contributed by atoms with Gasteiger partial charge in [0.05, 0.1) is 0 Å². The number of hydrogen-bond donors (Lipinski definition) is 0. The van der Waals surface area contributed by atoms with Gasteiger partial charge in [-0.1, -0.05) is 31.9 Å². The molecule has 1 aliphatic carbocycles. The third-order valence-corrected chi connectivity index (χ3v) is 3.71. The van der Waals surface area contributed by atoms with Crippen molar-refractivity contribution >= 4 is 0 Å². The maximum atomic E-state index is 12.8. The second-order valence-corrected chi connectivity index (χ2v) is 4.61. The molecule has 1 unspecified atom stereocenters. The predicted octanol–water partition coefficient (Wildman–Crippen LogP) is 4.51. The molecule has 0 bridgehead atoms. The molecule has 1 aromatic carbocycles. The van der Waals surface area contributed by atoms with Crippen molar-refractivity contribution in [2.24, 2.45) is 5.92 Å². The van der Waals surface area contributed by atoms with Gasteiger partial charge in [0.2, 0.25) is 0 Å². The van der Waals surface area contributed by atoms with Crippen LogP contribution in [0.2, 0.25) is 0 Å². The summed E-state index contributed by atoms with van der Waals surface area (Å²) in [4.78, 5) is 0. The van der Waals surface area contributed by atoms with Crippen LogP contribution < -0.4 is 0 Å². The van der Waals surface area contributed by atoms with E-state index in [0.717, 1.165) is 5.92 Å². The Balaban J connectivity index is 2.14. The van der Waals surface area contributed by atoms with Gasteiger partial charge in [0.25, 0.3) is 0 Å². The van der Waals surface area contributed by atoms with Crippen LogP contribution in [0.25, 0.3) is 0 Å². The fourth-order valence-electron chi connectivity index (χ4n) is 2.91. The van der Waals surface area contributed by atoms with Gasteiger partial charge >= 0.3 is 0 Å². The van der Waals surface area contributed by atoms with Crippen LogP contribution in [0.15, 0.2) is 24.3 Å². The van der Waals surface area contributed by atoms with Crippen molar-refractivity contribution in [3.05, 3.63) is 35.6 Å². The lowest BCUT2D eigenvalue weighted by molar-refractivity contribution is 0.423. The quantitative estimate of drug-likeness (QED) is 0.682. The number of benzene rings is 1. The topological polar surface area (TPSA) is 0 Å². The lowest BCUT2D eigenvalue weighted by Gasteiger charge is -2.22. The fraction of sp³-hybridized carbons (Fsp3) is 0.571. The van der Waals surface area contributed by atoms with E-state index in [-0.39, 0.29) is 5.82 Å². The first-order valence-corrected chi connectivity index (χ1v) is 6.06. The molecule has 1 heteroatoms. The van der Waals surface area contributed by atoms with E-state index in [0.29, 0.717) is 5.92 Å². The van der Waals surface area contributed by atoms with E-state index in [2.05, 4.69) is 6.92 Å². The minimum absolute atomic E-state index is 0.125. The van der Waals surface area contributed by atoms with Gasteiger partial charge in [0.15, 0.2) is 0 Å². The van der Waals surface area contributed by atoms with Gasteiger partial charge in [-0.05, 0) is 48.8 Å². The van der Waals surface area contributed by atoms with Crippen LogP contribution in [0.3, 0.4) is 0 Å². The second kappa shape index (κ2) is 4.78. The normalized spacial score (nSPS) is 19.3. The third kappa shape index (κ3) is 2.39. The summed E-state index contributed by atoms with van der Waals surface area (Å²) in [6.45, 7) is 2.24. The monoisotopic (exact) mass is 206 g/mol.